The van der Waals surface area contributed by atoms with Gasteiger partial charge in [0.25, 0.3) is 0 Å². The van der Waals surface area contributed by atoms with Gasteiger partial charge in [0.2, 0.25) is 0 Å². The second-order valence-corrected chi connectivity index (χ2v) is 7.07. The molecule has 3 rings (SSSR count). The zero-order chi connectivity index (χ0) is 16.4. The fourth-order valence-corrected chi connectivity index (χ4v) is 3.67. The van der Waals surface area contributed by atoms with E-state index in [4.69, 9.17) is 0 Å². The predicted octanol–water partition coefficient (Wildman–Crippen LogP) is 2.91. The van der Waals surface area contributed by atoms with E-state index >= 15 is 0 Å². The Labute approximate surface area is 137 Å². The number of nitrogens with one attached hydrogen (secondary N) is 2. The van der Waals surface area contributed by atoms with E-state index in [-0.39, 0.29) is 18.6 Å². The van der Waals surface area contributed by atoms with Crippen molar-refractivity contribution in [2.24, 2.45) is 5.41 Å². The number of aliphatic carboxylic acids is 1. The Balaban J connectivity index is 1.58. The van der Waals surface area contributed by atoms with Crippen molar-refractivity contribution in [1.29, 1.82) is 0 Å². The zero-order valence-corrected chi connectivity index (χ0v) is 13.7. The van der Waals surface area contributed by atoms with Gasteiger partial charge in [0.15, 0.2) is 0 Å². The summed E-state index contributed by atoms with van der Waals surface area (Å²) in [5.41, 5.74) is 0.136. The molecule has 1 aromatic carbocycles. The first-order valence-electron chi connectivity index (χ1n) is 7.63. The van der Waals surface area contributed by atoms with E-state index in [9.17, 15) is 14.7 Å². The van der Waals surface area contributed by atoms with Crippen molar-refractivity contribution in [3.05, 3.63) is 29.3 Å². The van der Waals surface area contributed by atoms with E-state index in [1.54, 1.807) is 11.3 Å². The average molecular weight is 333 g/mol. The number of urea groups is 1. The van der Waals surface area contributed by atoms with E-state index in [0.29, 0.717) is 12.8 Å². The van der Waals surface area contributed by atoms with Gasteiger partial charge in [-0.2, -0.15) is 0 Å². The molecule has 1 aliphatic rings. The maximum Gasteiger partial charge on any atom is 0.315 e. The van der Waals surface area contributed by atoms with Gasteiger partial charge in [-0.3, -0.25) is 4.79 Å². The van der Waals surface area contributed by atoms with Gasteiger partial charge in [-0.1, -0.05) is 18.6 Å². The standard InChI is InChI=1S/C16H19N3O3S/c1-10(13-19-11-5-2-3-6-12(11)23-13)18-15(22)17-9-16(14(20)21)7-4-8-16/h2-3,5-6,10H,4,7-9H2,1H3,(H,20,21)(H2,17,18,22). The van der Waals surface area contributed by atoms with Crippen molar-refractivity contribution in [2.45, 2.75) is 32.2 Å². The summed E-state index contributed by atoms with van der Waals surface area (Å²) in [5.74, 6) is -0.830. The van der Waals surface area contributed by atoms with Gasteiger partial charge in [0.05, 0.1) is 21.7 Å². The number of carbonyl (C=O) groups excluding carboxylic acids is 1. The van der Waals surface area contributed by atoms with E-state index < -0.39 is 11.4 Å². The number of amides is 2. The number of thiazole rings is 1. The van der Waals surface area contributed by atoms with Crippen molar-refractivity contribution in [3.63, 3.8) is 0 Å². The molecule has 122 valence electrons. The molecule has 0 saturated heterocycles. The van der Waals surface area contributed by atoms with Crippen LogP contribution in [0.25, 0.3) is 10.2 Å². The maximum absolute atomic E-state index is 12.0. The second-order valence-electron chi connectivity index (χ2n) is 6.01. The highest BCUT2D eigenvalue weighted by atomic mass is 32.1. The molecule has 1 aliphatic carbocycles. The van der Waals surface area contributed by atoms with Gasteiger partial charge >= 0.3 is 12.0 Å². The summed E-state index contributed by atoms with van der Waals surface area (Å²) in [5, 5.41) is 15.6. The number of hydrogen-bond acceptors (Lipinski definition) is 4. The first-order chi connectivity index (χ1) is 11.0. The van der Waals surface area contributed by atoms with Crippen molar-refractivity contribution >= 4 is 33.6 Å². The van der Waals surface area contributed by atoms with E-state index in [1.165, 1.54) is 0 Å². The number of carboxylic acids is 1. The molecule has 1 atom stereocenters. The minimum absolute atomic E-state index is 0.167. The highest BCUT2D eigenvalue weighted by molar-refractivity contribution is 7.18. The molecule has 6 nitrogen and oxygen atoms in total. The predicted molar refractivity (Wildman–Crippen MR) is 88.5 cm³/mol. The summed E-state index contributed by atoms with van der Waals surface area (Å²) in [6.07, 6.45) is 2.14. The van der Waals surface area contributed by atoms with Gasteiger partial charge in [0, 0.05) is 6.54 Å². The quantitative estimate of drug-likeness (QED) is 0.784. The second kappa shape index (κ2) is 6.16. The fourth-order valence-electron chi connectivity index (χ4n) is 2.70. The molecule has 0 bridgehead atoms. The monoisotopic (exact) mass is 333 g/mol. The van der Waals surface area contributed by atoms with Crippen molar-refractivity contribution < 1.29 is 14.7 Å². The minimum atomic E-state index is -0.830. The third-order valence-corrected chi connectivity index (χ3v) is 5.60. The third kappa shape index (κ3) is 3.14. The fraction of sp³-hybridized carbons (Fsp3) is 0.438. The molecule has 0 spiro atoms. The molecule has 1 saturated carbocycles. The van der Waals surface area contributed by atoms with Crippen LogP contribution in [0.3, 0.4) is 0 Å². The van der Waals surface area contributed by atoms with Crippen LogP contribution in [0.1, 0.15) is 37.2 Å². The lowest BCUT2D eigenvalue weighted by Crippen LogP contribution is -2.50. The number of nitrogens with zero attached hydrogens (tertiary/aromatic N) is 1. The highest BCUT2D eigenvalue weighted by Crippen LogP contribution is 2.40. The molecule has 2 aromatic rings. The number of hydrogen-bond donors (Lipinski definition) is 3. The van der Waals surface area contributed by atoms with Crippen LogP contribution in [-0.2, 0) is 4.79 Å². The first kappa shape index (κ1) is 15.7. The van der Waals surface area contributed by atoms with Crippen molar-refractivity contribution in [1.82, 2.24) is 15.6 Å². The summed E-state index contributed by atoms with van der Waals surface area (Å²) in [7, 11) is 0. The summed E-state index contributed by atoms with van der Waals surface area (Å²) in [6, 6.07) is 7.24. The smallest absolute Gasteiger partial charge is 0.315 e. The Morgan fingerprint density at radius 2 is 2.13 bits per heavy atom. The molecule has 7 heteroatoms. The van der Waals surface area contributed by atoms with Crippen LogP contribution < -0.4 is 10.6 Å². The molecule has 1 heterocycles. The summed E-state index contributed by atoms with van der Waals surface area (Å²) in [4.78, 5) is 27.8. The lowest BCUT2D eigenvalue weighted by molar-refractivity contribution is -0.153. The number of carboxylic acid groups (broad SMARTS) is 1. The summed E-state index contributed by atoms with van der Waals surface area (Å²) >= 11 is 1.54. The molecule has 0 radical (unpaired) electrons. The largest absolute Gasteiger partial charge is 0.481 e. The van der Waals surface area contributed by atoms with E-state index in [1.807, 2.05) is 31.2 Å². The van der Waals surface area contributed by atoms with Crippen molar-refractivity contribution in [3.8, 4) is 0 Å². The Bertz CT molecular complexity index is 706. The van der Waals surface area contributed by atoms with Crippen LogP contribution in [0.5, 0.6) is 0 Å². The number of aromatic nitrogens is 1. The lowest BCUT2D eigenvalue weighted by Gasteiger charge is -2.37. The van der Waals surface area contributed by atoms with Crippen LogP contribution in [0.15, 0.2) is 24.3 Å². The summed E-state index contributed by atoms with van der Waals surface area (Å²) in [6.45, 7) is 2.04. The number of benzene rings is 1. The van der Waals surface area contributed by atoms with E-state index in [0.717, 1.165) is 21.6 Å². The molecular formula is C16H19N3O3S. The van der Waals surface area contributed by atoms with Crippen molar-refractivity contribution in [2.75, 3.05) is 6.54 Å². The highest BCUT2D eigenvalue weighted by Gasteiger charge is 2.44. The number of para-hydroxylation sites is 1. The Morgan fingerprint density at radius 1 is 1.39 bits per heavy atom. The average Bonchev–Trinajstić information content (AvgIpc) is 2.89. The van der Waals surface area contributed by atoms with Crippen LogP contribution in [-0.4, -0.2) is 28.6 Å². The topological polar surface area (TPSA) is 91.3 Å². The third-order valence-electron chi connectivity index (χ3n) is 4.38. The SMILES string of the molecule is CC(NC(=O)NCC1(C(=O)O)CCC1)c1nc2ccccc2s1. The zero-order valence-electron chi connectivity index (χ0n) is 12.8. The van der Waals surface area contributed by atoms with Gasteiger partial charge in [-0.05, 0) is 31.9 Å². The number of rotatable bonds is 5. The Kier molecular flexibility index (Phi) is 4.21. The van der Waals surface area contributed by atoms with Gasteiger partial charge in [-0.15, -0.1) is 11.3 Å². The molecule has 1 fully saturated rings. The first-order valence-corrected chi connectivity index (χ1v) is 8.45. The maximum atomic E-state index is 12.0. The van der Waals surface area contributed by atoms with E-state index in [2.05, 4.69) is 15.6 Å². The molecule has 2 amide bonds. The van der Waals surface area contributed by atoms with Crippen LogP contribution in [0.2, 0.25) is 0 Å². The minimum Gasteiger partial charge on any atom is -0.481 e. The number of fused-ring (bicyclic) bond motifs is 1. The lowest BCUT2D eigenvalue weighted by atomic mass is 9.69. The van der Waals surface area contributed by atoms with Gasteiger partial charge < -0.3 is 15.7 Å². The van der Waals surface area contributed by atoms with Crippen LogP contribution >= 0.6 is 11.3 Å². The van der Waals surface area contributed by atoms with Gasteiger partial charge in [-0.25, -0.2) is 9.78 Å². The molecular weight excluding hydrogens is 314 g/mol. The van der Waals surface area contributed by atoms with Crippen LogP contribution in [0, 0.1) is 5.41 Å². The molecule has 3 N–H and O–H groups in total. The Hall–Kier alpha value is -2.15. The molecule has 1 aromatic heterocycles. The van der Waals surface area contributed by atoms with Crippen LogP contribution in [0.4, 0.5) is 4.79 Å². The number of carbonyl (C=O) groups is 2. The normalized spacial score (nSPS) is 17.3. The molecule has 23 heavy (non-hydrogen) atoms. The molecule has 1 unspecified atom stereocenters. The summed E-state index contributed by atoms with van der Waals surface area (Å²) < 4.78 is 1.08. The Morgan fingerprint density at radius 3 is 2.74 bits per heavy atom. The van der Waals surface area contributed by atoms with Gasteiger partial charge in [0.1, 0.15) is 5.01 Å². The molecule has 0 aliphatic heterocycles.